The molecule has 0 spiro atoms. The Morgan fingerprint density at radius 1 is 1.22 bits per heavy atom. The SMILES string of the molecule is O=c1cc(CN2CCCC2Cn2cccn2)nc2ccccn12. The van der Waals surface area contributed by atoms with Crippen molar-refractivity contribution in [1.82, 2.24) is 24.1 Å². The lowest BCUT2D eigenvalue weighted by Crippen LogP contribution is -2.33. The summed E-state index contributed by atoms with van der Waals surface area (Å²) in [5, 5.41) is 4.30. The first-order valence-corrected chi connectivity index (χ1v) is 7.98. The smallest absolute Gasteiger partial charge is 0.258 e. The van der Waals surface area contributed by atoms with Gasteiger partial charge in [0, 0.05) is 37.2 Å². The van der Waals surface area contributed by atoms with Crippen molar-refractivity contribution in [3.05, 3.63) is 65.0 Å². The van der Waals surface area contributed by atoms with E-state index in [0.29, 0.717) is 18.2 Å². The van der Waals surface area contributed by atoms with Crippen LogP contribution in [-0.4, -0.2) is 36.7 Å². The van der Waals surface area contributed by atoms with Gasteiger partial charge in [0.25, 0.3) is 5.56 Å². The number of hydrogen-bond donors (Lipinski definition) is 0. The molecule has 3 aromatic rings. The Bertz CT molecular complexity index is 855. The molecule has 23 heavy (non-hydrogen) atoms. The van der Waals surface area contributed by atoms with E-state index in [1.807, 2.05) is 41.3 Å². The minimum absolute atomic E-state index is 0.0200. The van der Waals surface area contributed by atoms with Crippen molar-refractivity contribution in [2.24, 2.45) is 0 Å². The van der Waals surface area contributed by atoms with Gasteiger partial charge in [-0.25, -0.2) is 4.98 Å². The van der Waals surface area contributed by atoms with Gasteiger partial charge in [-0.2, -0.15) is 5.10 Å². The number of likely N-dealkylation sites (tertiary alicyclic amines) is 1. The fourth-order valence-electron chi connectivity index (χ4n) is 3.33. The van der Waals surface area contributed by atoms with Crippen LogP contribution in [0.4, 0.5) is 0 Å². The fourth-order valence-corrected chi connectivity index (χ4v) is 3.33. The summed E-state index contributed by atoms with van der Waals surface area (Å²) in [4.78, 5) is 19.2. The van der Waals surface area contributed by atoms with Crippen LogP contribution in [0.5, 0.6) is 0 Å². The first-order valence-electron chi connectivity index (χ1n) is 7.98. The number of hydrogen-bond acceptors (Lipinski definition) is 4. The van der Waals surface area contributed by atoms with Crippen molar-refractivity contribution >= 4 is 5.65 Å². The third-order valence-electron chi connectivity index (χ3n) is 4.45. The van der Waals surface area contributed by atoms with E-state index in [2.05, 4.69) is 15.0 Å². The van der Waals surface area contributed by atoms with Gasteiger partial charge in [0.15, 0.2) is 0 Å². The van der Waals surface area contributed by atoms with E-state index >= 15 is 0 Å². The lowest BCUT2D eigenvalue weighted by Gasteiger charge is -2.24. The molecule has 1 aliphatic rings. The van der Waals surface area contributed by atoms with Gasteiger partial charge >= 0.3 is 0 Å². The van der Waals surface area contributed by atoms with Crippen LogP contribution in [0.2, 0.25) is 0 Å². The van der Waals surface area contributed by atoms with E-state index in [-0.39, 0.29) is 5.56 Å². The zero-order chi connectivity index (χ0) is 15.6. The van der Waals surface area contributed by atoms with Crippen molar-refractivity contribution in [2.75, 3.05) is 6.54 Å². The van der Waals surface area contributed by atoms with E-state index in [0.717, 1.165) is 25.2 Å². The maximum Gasteiger partial charge on any atom is 0.258 e. The van der Waals surface area contributed by atoms with Crippen LogP contribution in [0.25, 0.3) is 5.65 Å². The van der Waals surface area contributed by atoms with Crippen LogP contribution in [-0.2, 0) is 13.1 Å². The quantitative estimate of drug-likeness (QED) is 0.734. The summed E-state index contributed by atoms with van der Waals surface area (Å²) in [7, 11) is 0. The average molecular weight is 309 g/mol. The molecule has 6 nitrogen and oxygen atoms in total. The van der Waals surface area contributed by atoms with Gasteiger partial charge in [-0.05, 0) is 37.6 Å². The summed E-state index contributed by atoms with van der Waals surface area (Å²) >= 11 is 0. The molecule has 4 heterocycles. The molecule has 1 atom stereocenters. The minimum atomic E-state index is -0.0200. The van der Waals surface area contributed by atoms with E-state index in [4.69, 9.17) is 0 Å². The predicted octanol–water partition coefficient (Wildman–Crippen LogP) is 1.56. The van der Waals surface area contributed by atoms with Crippen LogP contribution in [0.1, 0.15) is 18.5 Å². The second-order valence-electron chi connectivity index (χ2n) is 6.01. The van der Waals surface area contributed by atoms with Gasteiger partial charge in [-0.1, -0.05) is 6.07 Å². The zero-order valence-corrected chi connectivity index (χ0v) is 12.9. The van der Waals surface area contributed by atoms with Gasteiger partial charge in [0.1, 0.15) is 5.65 Å². The molecule has 1 fully saturated rings. The molecular formula is C17H19N5O. The highest BCUT2D eigenvalue weighted by molar-refractivity contribution is 5.38. The molecule has 0 radical (unpaired) electrons. The highest BCUT2D eigenvalue weighted by Gasteiger charge is 2.25. The van der Waals surface area contributed by atoms with Crippen LogP contribution in [0.15, 0.2) is 53.7 Å². The monoisotopic (exact) mass is 309 g/mol. The zero-order valence-electron chi connectivity index (χ0n) is 12.9. The van der Waals surface area contributed by atoms with Gasteiger partial charge in [-0.3, -0.25) is 18.8 Å². The van der Waals surface area contributed by atoms with Crippen LogP contribution in [0.3, 0.4) is 0 Å². The first-order chi connectivity index (χ1) is 11.3. The molecule has 0 bridgehead atoms. The molecule has 0 amide bonds. The largest absolute Gasteiger partial charge is 0.293 e. The molecule has 1 aliphatic heterocycles. The topological polar surface area (TPSA) is 55.4 Å². The van der Waals surface area contributed by atoms with Crippen molar-refractivity contribution < 1.29 is 0 Å². The van der Waals surface area contributed by atoms with Gasteiger partial charge in [0.2, 0.25) is 0 Å². The lowest BCUT2D eigenvalue weighted by atomic mass is 10.2. The summed E-state index contributed by atoms with van der Waals surface area (Å²) in [6.07, 6.45) is 7.90. The highest BCUT2D eigenvalue weighted by Crippen LogP contribution is 2.20. The van der Waals surface area contributed by atoms with E-state index in [9.17, 15) is 4.79 Å². The predicted molar refractivity (Wildman–Crippen MR) is 87.1 cm³/mol. The maximum atomic E-state index is 12.2. The standard InChI is InChI=1S/C17H19N5O/c23-17-11-14(19-16-6-1-2-10-22(16)17)12-20-8-3-5-15(20)13-21-9-4-7-18-21/h1-2,4,6-7,9-11,15H,3,5,8,12-13H2. The highest BCUT2D eigenvalue weighted by atomic mass is 16.1. The fraction of sp³-hybridized carbons (Fsp3) is 0.353. The van der Waals surface area contributed by atoms with Crippen molar-refractivity contribution in [1.29, 1.82) is 0 Å². The van der Waals surface area contributed by atoms with Crippen LogP contribution in [0, 0.1) is 0 Å². The molecule has 118 valence electrons. The second kappa shape index (κ2) is 5.96. The summed E-state index contributed by atoms with van der Waals surface area (Å²) < 4.78 is 3.56. The number of nitrogens with zero attached hydrogens (tertiary/aromatic N) is 5. The van der Waals surface area contributed by atoms with E-state index < -0.39 is 0 Å². The second-order valence-corrected chi connectivity index (χ2v) is 6.01. The summed E-state index contributed by atoms with van der Waals surface area (Å²) in [5.41, 5.74) is 1.53. The van der Waals surface area contributed by atoms with Gasteiger partial charge < -0.3 is 0 Å². The molecular weight excluding hydrogens is 290 g/mol. The molecule has 0 saturated carbocycles. The molecule has 1 unspecified atom stereocenters. The van der Waals surface area contributed by atoms with Crippen molar-refractivity contribution in [2.45, 2.75) is 32.0 Å². The molecule has 0 aromatic carbocycles. The summed E-state index contributed by atoms with van der Waals surface area (Å²) in [5.74, 6) is 0. The van der Waals surface area contributed by atoms with Crippen LogP contribution >= 0.6 is 0 Å². The minimum Gasteiger partial charge on any atom is -0.293 e. The van der Waals surface area contributed by atoms with Gasteiger partial charge in [-0.15, -0.1) is 0 Å². The van der Waals surface area contributed by atoms with Gasteiger partial charge in [0.05, 0.1) is 12.2 Å². The molecule has 0 aliphatic carbocycles. The number of fused-ring (bicyclic) bond motifs is 1. The van der Waals surface area contributed by atoms with E-state index in [1.54, 1.807) is 16.7 Å². The van der Waals surface area contributed by atoms with Crippen molar-refractivity contribution in [3.8, 4) is 0 Å². The Hall–Kier alpha value is -2.47. The Morgan fingerprint density at radius 2 is 2.17 bits per heavy atom. The Labute approximate surface area is 134 Å². The third-order valence-corrected chi connectivity index (χ3v) is 4.45. The first kappa shape index (κ1) is 14.1. The Balaban J connectivity index is 1.56. The summed E-state index contributed by atoms with van der Waals surface area (Å²) in [6.45, 7) is 2.65. The summed E-state index contributed by atoms with van der Waals surface area (Å²) in [6, 6.07) is 9.67. The third kappa shape index (κ3) is 2.90. The number of pyridine rings is 1. The molecule has 4 rings (SSSR count). The lowest BCUT2D eigenvalue weighted by molar-refractivity contribution is 0.217. The molecule has 0 N–H and O–H groups in total. The Morgan fingerprint density at radius 3 is 3.04 bits per heavy atom. The maximum absolute atomic E-state index is 12.2. The van der Waals surface area contributed by atoms with E-state index in [1.165, 1.54) is 6.42 Å². The van der Waals surface area contributed by atoms with Crippen molar-refractivity contribution in [3.63, 3.8) is 0 Å². The normalized spacial score (nSPS) is 18.7. The number of aromatic nitrogens is 4. The molecule has 6 heteroatoms. The molecule has 3 aromatic heterocycles. The Kier molecular flexibility index (Phi) is 3.67. The average Bonchev–Trinajstić information content (AvgIpc) is 3.21. The van der Waals surface area contributed by atoms with Crippen LogP contribution < -0.4 is 5.56 Å². The number of rotatable bonds is 4. The molecule has 1 saturated heterocycles.